The quantitative estimate of drug-likeness (QED) is 0.493. The predicted molar refractivity (Wildman–Crippen MR) is 66.2 cm³/mol. The number of aromatic hydroxyl groups is 2. The summed E-state index contributed by atoms with van der Waals surface area (Å²) in [7, 11) is 0. The van der Waals surface area contributed by atoms with Crippen LogP contribution in [0.1, 0.15) is 5.56 Å². The summed E-state index contributed by atoms with van der Waals surface area (Å²) in [5, 5.41) is 38.2. The Kier molecular flexibility index (Phi) is 3.51. The van der Waals surface area contributed by atoms with E-state index in [0.29, 0.717) is 0 Å². The van der Waals surface area contributed by atoms with Gasteiger partial charge in [0.25, 0.3) is 6.29 Å². The first-order valence-corrected chi connectivity index (χ1v) is 5.38. The molecule has 6 nitrogen and oxygen atoms in total. The SMILES string of the molecule is OC(OC1C=CC=CO1)=C(O)c1cccc(O)c1O. The molecule has 0 radical (unpaired) electrons. The normalized spacial score (nSPS) is 18.6. The third-order valence-electron chi connectivity index (χ3n) is 2.37. The topological polar surface area (TPSA) is 99.4 Å². The van der Waals surface area contributed by atoms with Crippen LogP contribution in [-0.4, -0.2) is 26.7 Å². The maximum atomic E-state index is 9.76. The molecule has 0 aromatic heterocycles. The number of aliphatic hydroxyl groups is 2. The molecule has 6 heteroatoms. The van der Waals surface area contributed by atoms with Crippen molar-refractivity contribution < 1.29 is 29.9 Å². The number of hydrogen-bond donors (Lipinski definition) is 4. The van der Waals surface area contributed by atoms with Gasteiger partial charge in [0, 0.05) is 0 Å². The monoisotopic (exact) mass is 264 g/mol. The lowest BCUT2D eigenvalue weighted by Crippen LogP contribution is -2.13. The Morgan fingerprint density at radius 1 is 1.16 bits per heavy atom. The van der Waals surface area contributed by atoms with E-state index >= 15 is 0 Å². The minimum atomic E-state index is -0.883. The van der Waals surface area contributed by atoms with E-state index in [4.69, 9.17) is 9.47 Å². The molecule has 0 fully saturated rings. The van der Waals surface area contributed by atoms with Crippen LogP contribution in [0.25, 0.3) is 5.76 Å². The molecule has 1 heterocycles. The molecule has 0 saturated heterocycles. The molecule has 1 aliphatic heterocycles. The zero-order chi connectivity index (χ0) is 13.8. The number of hydrogen-bond acceptors (Lipinski definition) is 6. The zero-order valence-corrected chi connectivity index (χ0v) is 9.72. The van der Waals surface area contributed by atoms with E-state index in [1.807, 2.05) is 0 Å². The second kappa shape index (κ2) is 5.26. The molecule has 1 aliphatic rings. The third-order valence-corrected chi connectivity index (χ3v) is 2.37. The molecular weight excluding hydrogens is 252 g/mol. The number of para-hydroxylation sites is 1. The second-order valence-corrected chi connectivity index (χ2v) is 3.66. The highest BCUT2D eigenvalue weighted by Crippen LogP contribution is 2.33. The van der Waals surface area contributed by atoms with E-state index in [2.05, 4.69) is 0 Å². The number of phenolic OH excluding ortho intramolecular Hbond substituents is 2. The number of aliphatic hydroxyl groups excluding tert-OH is 2. The van der Waals surface area contributed by atoms with Gasteiger partial charge in [-0.25, -0.2) is 0 Å². The van der Waals surface area contributed by atoms with Gasteiger partial charge < -0.3 is 29.9 Å². The van der Waals surface area contributed by atoms with Crippen molar-refractivity contribution in [3.8, 4) is 11.5 Å². The van der Waals surface area contributed by atoms with E-state index in [0.717, 1.165) is 0 Å². The maximum Gasteiger partial charge on any atom is 0.324 e. The Bertz CT molecular complexity index is 558. The number of ether oxygens (including phenoxy) is 2. The van der Waals surface area contributed by atoms with Crippen molar-refractivity contribution in [1.29, 1.82) is 0 Å². The maximum absolute atomic E-state index is 9.76. The summed E-state index contributed by atoms with van der Waals surface area (Å²) in [6.45, 7) is 0. The van der Waals surface area contributed by atoms with Crippen molar-refractivity contribution in [2.24, 2.45) is 0 Å². The van der Waals surface area contributed by atoms with Crippen molar-refractivity contribution in [1.82, 2.24) is 0 Å². The summed E-state index contributed by atoms with van der Waals surface area (Å²) in [5.41, 5.74) is -0.159. The largest absolute Gasteiger partial charge is 0.504 e. The van der Waals surface area contributed by atoms with Crippen LogP contribution >= 0.6 is 0 Å². The number of benzene rings is 1. The average molecular weight is 264 g/mol. The van der Waals surface area contributed by atoms with Crippen molar-refractivity contribution >= 4 is 5.76 Å². The summed E-state index contributed by atoms with van der Waals surface area (Å²) in [4.78, 5) is 0. The van der Waals surface area contributed by atoms with Crippen LogP contribution in [0.4, 0.5) is 0 Å². The Morgan fingerprint density at radius 2 is 1.95 bits per heavy atom. The first kappa shape index (κ1) is 12.7. The highest BCUT2D eigenvalue weighted by atomic mass is 16.7. The molecule has 1 atom stereocenters. The Morgan fingerprint density at radius 3 is 2.63 bits per heavy atom. The van der Waals surface area contributed by atoms with Gasteiger partial charge in [0.2, 0.25) is 5.76 Å². The van der Waals surface area contributed by atoms with Gasteiger partial charge in [-0.3, -0.25) is 0 Å². The van der Waals surface area contributed by atoms with Crippen molar-refractivity contribution in [3.63, 3.8) is 0 Å². The van der Waals surface area contributed by atoms with Crippen LogP contribution in [0.5, 0.6) is 11.5 Å². The van der Waals surface area contributed by atoms with Gasteiger partial charge in [-0.15, -0.1) is 0 Å². The van der Waals surface area contributed by atoms with Crippen LogP contribution in [0.3, 0.4) is 0 Å². The van der Waals surface area contributed by atoms with Crippen LogP contribution in [0, 0.1) is 0 Å². The fourth-order valence-corrected chi connectivity index (χ4v) is 1.44. The van der Waals surface area contributed by atoms with Crippen molar-refractivity contribution in [2.45, 2.75) is 6.29 Å². The second-order valence-electron chi connectivity index (χ2n) is 3.66. The summed E-state index contributed by atoms with van der Waals surface area (Å²) in [6.07, 6.45) is 5.25. The molecule has 0 amide bonds. The molecule has 1 aromatic carbocycles. The minimum Gasteiger partial charge on any atom is -0.504 e. The highest BCUT2D eigenvalue weighted by molar-refractivity contribution is 5.67. The molecule has 0 saturated carbocycles. The lowest BCUT2D eigenvalue weighted by atomic mass is 10.1. The molecule has 0 spiro atoms. The fourth-order valence-electron chi connectivity index (χ4n) is 1.44. The van der Waals surface area contributed by atoms with E-state index in [9.17, 15) is 20.4 Å². The predicted octanol–water partition coefficient (Wildman–Crippen LogP) is 2.28. The lowest BCUT2D eigenvalue weighted by Gasteiger charge is -2.16. The molecule has 2 rings (SSSR count). The summed E-state index contributed by atoms with van der Waals surface area (Å²) in [5.74, 6) is -2.52. The minimum absolute atomic E-state index is 0.159. The van der Waals surface area contributed by atoms with Crippen LogP contribution in [0.15, 0.2) is 48.6 Å². The number of allylic oxidation sites excluding steroid dienone is 2. The molecule has 1 aromatic rings. The van der Waals surface area contributed by atoms with Gasteiger partial charge in [-0.1, -0.05) is 12.1 Å². The molecule has 0 bridgehead atoms. The summed E-state index contributed by atoms with van der Waals surface area (Å²) in [6, 6.07) is 3.94. The Hall–Kier alpha value is -2.76. The third kappa shape index (κ3) is 2.74. The Labute approximate surface area is 108 Å². The lowest BCUT2D eigenvalue weighted by molar-refractivity contribution is -0.0778. The zero-order valence-electron chi connectivity index (χ0n) is 9.72. The Balaban J connectivity index is 2.22. The molecule has 1 unspecified atom stereocenters. The van der Waals surface area contributed by atoms with Crippen LogP contribution < -0.4 is 0 Å². The molecule has 0 aliphatic carbocycles. The fraction of sp³-hybridized carbons (Fsp3) is 0.0769. The first-order valence-electron chi connectivity index (χ1n) is 5.38. The van der Waals surface area contributed by atoms with E-state index in [1.165, 1.54) is 30.5 Å². The molecular formula is C13H12O6. The average Bonchev–Trinajstić information content (AvgIpc) is 2.42. The number of rotatable bonds is 3. The summed E-state index contributed by atoms with van der Waals surface area (Å²) >= 11 is 0. The van der Waals surface area contributed by atoms with E-state index in [-0.39, 0.29) is 5.56 Å². The smallest absolute Gasteiger partial charge is 0.324 e. The van der Waals surface area contributed by atoms with Gasteiger partial charge in [-0.05, 0) is 24.3 Å². The van der Waals surface area contributed by atoms with Gasteiger partial charge in [0.1, 0.15) is 0 Å². The van der Waals surface area contributed by atoms with Crippen molar-refractivity contribution in [3.05, 3.63) is 54.2 Å². The standard InChI is InChI=1S/C13H12O6/c14-9-5-3-4-8(11(9)15)12(16)13(17)19-10-6-1-2-7-18-10/h1-7,10,14-17H. The van der Waals surface area contributed by atoms with E-state index in [1.54, 1.807) is 12.2 Å². The summed E-state index contributed by atoms with van der Waals surface area (Å²) < 4.78 is 9.92. The van der Waals surface area contributed by atoms with Crippen molar-refractivity contribution in [2.75, 3.05) is 0 Å². The first-order chi connectivity index (χ1) is 9.09. The van der Waals surface area contributed by atoms with Gasteiger partial charge in [0.05, 0.1) is 11.8 Å². The number of phenols is 2. The van der Waals surface area contributed by atoms with Gasteiger partial charge in [-0.2, -0.15) is 0 Å². The molecule has 4 N–H and O–H groups in total. The van der Waals surface area contributed by atoms with Crippen LogP contribution in [0.2, 0.25) is 0 Å². The van der Waals surface area contributed by atoms with Crippen LogP contribution in [-0.2, 0) is 9.47 Å². The van der Waals surface area contributed by atoms with E-state index < -0.39 is 29.5 Å². The van der Waals surface area contributed by atoms with Gasteiger partial charge in [0.15, 0.2) is 11.5 Å². The molecule has 19 heavy (non-hydrogen) atoms. The van der Waals surface area contributed by atoms with Gasteiger partial charge >= 0.3 is 5.95 Å². The highest BCUT2D eigenvalue weighted by Gasteiger charge is 2.18. The molecule has 100 valence electrons.